The molecule has 0 aliphatic carbocycles. The zero-order valence-corrected chi connectivity index (χ0v) is 8.44. The van der Waals surface area contributed by atoms with Crippen molar-refractivity contribution in [2.45, 2.75) is 26.4 Å². The van der Waals surface area contributed by atoms with Crippen LogP contribution in [-0.2, 0) is 0 Å². The van der Waals surface area contributed by atoms with Crippen LogP contribution < -0.4 is 4.74 Å². The molecule has 4 nitrogen and oxygen atoms in total. The van der Waals surface area contributed by atoms with E-state index in [1.54, 1.807) is 0 Å². The van der Waals surface area contributed by atoms with E-state index in [1.165, 1.54) is 18.5 Å². The molecule has 0 unspecified atom stereocenters. The van der Waals surface area contributed by atoms with Crippen LogP contribution in [0.3, 0.4) is 0 Å². The summed E-state index contributed by atoms with van der Waals surface area (Å²) in [5.74, 6) is -0.709. The molecule has 0 bridgehead atoms. The standard InChI is InChI=1S/C10H13NO3/c1-10(2,3)14-8-6-11-5-4-7(8)9(12)13/h4-6H,1-3H3,(H,12,13). The predicted molar refractivity (Wildman–Crippen MR) is 51.6 cm³/mol. The predicted octanol–water partition coefficient (Wildman–Crippen LogP) is 1.96. The lowest BCUT2D eigenvalue weighted by molar-refractivity contribution is 0.0680. The Hall–Kier alpha value is -1.58. The van der Waals surface area contributed by atoms with Crippen LogP contribution in [0.4, 0.5) is 0 Å². The first-order valence-electron chi connectivity index (χ1n) is 4.26. The van der Waals surface area contributed by atoms with E-state index >= 15 is 0 Å². The van der Waals surface area contributed by atoms with E-state index in [9.17, 15) is 4.79 Å². The summed E-state index contributed by atoms with van der Waals surface area (Å²) in [5, 5.41) is 8.85. The Morgan fingerprint density at radius 1 is 1.50 bits per heavy atom. The lowest BCUT2D eigenvalue weighted by Gasteiger charge is -2.21. The lowest BCUT2D eigenvalue weighted by Crippen LogP contribution is -2.24. The molecule has 0 radical (unpaired) electrons. The van der Waals surface area contributed by atoms with Gasteiger partial charge in [-0.15, -0.1) is 0 Å². The zero-order valence-electron chi connectivity index (χ0n) is 8.44. The first-order valence-corrected chi connectivity index (χ1v) is 4.26. The van der Waals surface area contributed by atoms with Crippen LogP contribution in [-0.4, -0.2) is 21.7 Å². The van der Waals surface area contributed by atoms with Crippen molar-refractivity contribution in [3.05, 3.63) is 24.0 Å². The number of hydrogen-bond acceptors (Lipinski definition) is 3. The Labute approximate surface area is 82.5 Å². The Morgan fingerprint density at radius 3 is 2.64 bits per heavy atom. The van der Waals surface area contributed by atoms with Gasteiger partial charge in [0.2, 0.25) is 0 Å². The molecule has 1 N–H and O–H groups in total. The number of aromatic nitrogens is 1. The molecule has 14 heavy (non-hydrogen) atoms. The number of rotatable bonds is 2. The van der Waals surface area contributed by atoms with Crippen LogP contribution in [0.15, 0.2) is 18.5 Å². The fourth-order valence-corrected chi connectivity index (χ4v) is 0.968. The van der Waals surface area contributed by atoms with Gasteiger partial charge < -0.3 is 9.84 Å². The molecule has 0 spiro atoms. The number of ether oxygens (including phenoxy) is 1. The van der Waals surface area contributed by atoms with Crippen molar-refractivity contribution in [3.63, 3.8) is 0 Å². The van der Waals surface area contributed by atoms with E-state index < -0.39 is 11.6 Å². The molecule has 0 saturated carbocycles. The number of carboxylic acids is 1. The van der Waals surface area contributed by atoms with E-state index in [2.05, 4.69) is 4.98 Å². The second kappa shape index (κ2) is 3.65. The fourth-order valence-electron chi connectivity index (χ4n) is 0.968. The summed E-state index contributed by atoms with van der Waals surface area (Å²) in [5.41, 5.74) is -0.289. The number of nitrogens with zero attached hydrogens (tertiary/aromatic N) is 1. The zero-order chi connectivity index (χ0) is 10.8. The minimum Gasteiger partial charge on any atom is -0.486 e. The largest absolute Gasteiger partial charge is 0.486 e. The highest BCUT2D eigenvalue weighted by atomic mass is 16.5. The molecule has 76 valence electrons. The molecular formula is C10H13NO3. The summed E-state index contributed by atoms with van der Waals surface area (Å²) >= 11 is 0. The van der Waals surface area contributed by atoms with Gasteiger partial charge in [-0.1, -0.05) is 0 Å². The topological polar surface area (TPSA) is 59.4 Å². The molecule has 1 heterocycles. The second-order valence-electron chi connectivity index (χ2n) is 3.89. The van der Waals surface area contributed by atoms with Crippen LogP contribution in [0, 0.1) is 0 Å². The average Bonchev–Trinajstić information content (AvgIpc) is 2.01. The summed E-state index contributed by atoms with van der Waals surface area (Å²) < 4.78 is 5.45. The number of carboxylic acid groups (broad SMARTS) is 1. The van der Waals surface area contributed by atoms with E-state index in [4.69, 9.17) is 9.84 Å². The van der Waals surface area contributed by atoms with Crippen molar-refractivity contribution in [1.29, 1.82) is 0 Å². The smallest absolute Gasteiger partial charge is 0.339 e. The maximum Gasteiger partial charge on any atom is 0.339 e. The van der Waals surface area contributed by atoms with E-state index in [-0.39, 0.29) is 5.56 Å². The van der Waals surface area contributed by atoms with Gasteiger partial charge >= 0.3 is 5.97 Å². The molecule has 0 aliphatic heterocycles. The third kappa shape index (κ3) is 2.73. The van der Waals surface area contributed by atoms with Crippen molar-refractivity contribution in [1.82, 2.24) is 4.98 Å². The summed E-state index contributed by atoms with van der Waals surface area (Å²) in [6, 6.07) is 1.42. The van der Waals surface area contributed by atoms with Crippen LogP contribution in [0.1, 0.15) is 31.1 Å². The number of carbonyl (C=O) groups is 1. The molecular weight excluding hydrogens is 182 g/mol. The molecule has 0 amide bonds. The lowest BCUT2D eigenvalue weighted by atomic mass is 10.2. The summed E-state index contributed by atoms with van der Waals surface area (Å²) in [7, 11) is 0. The highest BCUT2D eigenvalue weighted by Crippen LogP contribution is 2.21. The molecule has 0 aliphatic rings. The molecule has 1 rings (SSSR count). The van der Waals surface area contributed by atoms with Crippen molar-refractivity contribution in [2.75, 3.05) is 0 Å². The first kappa shape index (κ1) is 10.5. The molecule has 0 atom stereocenters. The Balaban J connectivity index is 3.02. The highest BCUT2D eigenvalue weighted by Gasteiger charge is 2.17. The van der Waals surface area contributed by atoms with Crippen LogP contribution >= 0.6 is 0 Å². The SMILES string of the molecule is CC(C)(C)Oc1cnccc1C(=O)O. The van der Waals surface area contributed by atoms with Gasteiger partial charge in [0.15, 0.2) is 5.75 Å². The maximum atomic E-state index is 10.8. The van der Waals surface area contributed by atoms with Gasteiger partial charge in [0.25, 0.3) is 0 Å². The van der Waals surface area contributed by atoms with E-state index in [0.717, 1.165) is 0 Å². The number of aromatic carboxylic acids is 1. The minimum atomic E-state index is -1.01. The van der Waals surface area contributed by atoms with Gasteiger partial charge in [-0.2, -0.15) is 0 Å². The molecule has 1 aromatic rings. The van der Waals surface area contributed by atoms with Gasteiger partial charge in [0, 0.05) is 6.20 Å². The Bertz CT molecular complexity index is 341. The summed E-state index contributed by atoms with van der Waals surface area (Å²) in [6.07, 6.45) is 2.84. The van der Waals surface area contributed by atoms with Crippen molar-refractivity contribution in [2.24, 2.45) is 0 Å². The molecule has 0 aromatic carbocycles. The Kier molecular flexibility index (Phi) is 2.74. The highest BCUT2D eigenvalue weighted by molar-refractivity contribution is 5.90. The third-order valence-electron chi connectivity index (χ3n) is 1.43. The third-order valence-corrected chi connectivity index (χ3v) is 1.43. The normalized spacial score (nSPS) is 11.1. The average molecular weight is 195 g/mol. The van der Waals surface area contributed by atoms with Gasteiger partial charge in [-0.3, -0.25) is 4.98 Å². The monoisotopic (exact) mass is 195 g/mol. The van der Waals surface area contributed by atoms with Crippen molar-refractivity contribution in [3.8, 4) is 5.75 Å². The summed E-state index contributed by atoms with van der Waals surface area (Å²) in [6.45, 7) is 5.56. The molecule has 0 fully saturated rings. The Morgan fingerprint density at radius 2 is 2.14 bits per heavy atom. The van der Waals surface area contributed by atoms with Gasteiger partial charge in [-0.25, -0.2) is 4.79 Å². The van der Waals surface area contributed by atoms with E-state index in [0.29, 0.717) is 5.75 Å². The van der Waals surface area contributed by atoms with Crippen LogP contribution in [0.2, 0.25) is 0 Å². The van der Waals surface area contributed by atoms with E-state index in [1.807, 2.05) is 20.8 Å². The van der Waals surface area contributed by atoms with Crippen LogP contribution in [0.5, 0.6) is 5.75 Å². The minimum absolute atomic E-state index is 0.134. The van der Waals surface area contributed by atoms with Crippen molar-refractivity contribution >= 4 is 5.97 Å². The summed E-state index contributed by atoms with van der Waals surface area (Å²) in [4.78, 5) is 14.6. The van der Waals surface area contributed by atoms with Gasteiger partial charge in [0.05, 0.1) is 6.20 Å². The quantitative estimate of drug-likeness (QED) is 0.783. The number of pyridine rings is 1. The first-order chi connectivity index (χ1) is 6.40. The number of hydrogen-bond donors (Lipinski definition) is 1. The second-order valence-corrected chi connectivity index (χ2v) is 3.89. The molecule has 4 heteroatoms. The van der Waals surface area contributed by atoms with Gasteiger partial charge in [0.1, 0.15) is 11.2 Å². The fraction of sp³-hybridized carbons (Fsp3) is 0.400. The van der Waals surface area contributed by atoms with Gasteiger partial charge in [-0.05, 0) is 26.8 Å². The van der Waals surface area contributed by atoms with Crippen LogP contribution in [0.25, 0.3) is 0 Å². The molecule has 1 aromatic heterocycles. The molecule has 0 saturated heterocycles. The van der Waals surface area contributed by atoms with Crippen molar-refractivity contribution < 1.29 is 14.6 Å². The maximum absolute atomic E-state index is 10.8.